The zero-order chi connectivity index (χ0) is 7.11. The average Bonchev–Trinajstić information content (AvgIpc) is 1.91. The van der Waals surface area contributed by atoms with E-state index in [4.69, 9.17) is 0 Å². The first kappa shape index (κ1) is 9.48. The normalized spacial score (nSPS) is 10.7. The van der Waals surface area contributed by atoms with Gasteiger partial charge < -0.3 is 0 Å². The summed E-state index contributed by atoms with van der Waals surface area (Å²) in [6, 6.07) is 0. The van der Waals surface area contributed by atoms with Crippen molar-refractivity contribution in [3.05, 3.63) is 0 Å². The number of hydrogen-bond donors (Lipinski definition) is 0. The summed E-state index contributed by atoms with van der Waals surface area (Å²) in [5.41, 5.74) is 0. The minimum absolute atomic E-state index is 0.975. The van der Waals surface area contributed by atoms with Gasteiger partial charge in [-0.25, -0.2) is 0 Å². The number of hydrogen-bond acceptors (Lipinski definition) is 0. The lowest BCUT2D eigenvalue weighted by atomic mass is 9.98. The van der Waals surface area contributed by atoms with Crippen molar-refractivity contribution in [1.29, 1.82) is 0 Å². The third-order valence-corrected chi connectivity index (χ3v) is 2.46. The molecule has 9 heavy (non-hydrogen) atoms. The van der Waals surface area contributed by atoms with E-state index < -0.39 is 0 Å². The van der Waals surface area contributed by atoms with Gasteiger partial charge in [-0.05, 0) is 18.8 Å². The van der Waals surface area contributed by atoms with Crippen LogP contribution in [0.2, 0.25) is 0 Å². The summed E-state index contributed by atoms with van der Waals surface area (Å²) in [4.78, 5) is 0. The topological polar surface area (TPSA) is 0 Å². The molecule has 0 aliphatic carbocycles. The number of alkyl halides is 1. The van der Waals surface area contributed by atoms with Crippen molar-refractivity contribution in [3.8, 4) is 0 Å². The Balaban J connectivity index is 3.09. The van der Waals surface area contributed by atoms with Crippen LogP contribution < -0.4 is 0 Å². The van der Waals surface area contributed by atoms with Crippen molar-refractivity contribution >= 4 is 15.9 Å². The zero-order valence-corrected chi connectivity index (χ0v) is 8.08. The zero-order valence-electron chi connectivity index (χ0n) is 6.49. The summed E-state index contributed by atoms with van der Waals surface area (Å²) < 4.78 is 0. The van der Waals surface area contributed by atoms with Gasteiger partial charge in [0.1, 0.15) is 0 Å². The summed E-state index contributed by atoms with van der Waals surface area (Å²) in [7, 11) is 0. The Kier molecular flexibility index (Phi) is 6.95. The predicted octanol–water partition coefficient (Wildman–Crippen LogP) is 3.60. The minimum atomic E-state index is 0.975. The summed E-state index contributed by atoms with van der Waals surface area (Å²) in [5, 5.41) is 1.17. The standard InChI is InChI=1S/C8H17Br/c1-3-8(4-2)6-5-7-9/h8H,3-7H2,1-2H3. The molecule has 0 saturated heterocycles. The summed E-state index contributed by atoms with van der Waals surface area (Å²) in [5.74, 6) is 0.975. The second-order valence-corrected chi connectivity index (χ2v) is 3.31. The fraction of sp³-hybridized carbons (Fsp3) is 1.00. The van der Waals surface area contributed by atoms with Crippen LogP contribution in [0.5, 0.6) is 0 Å². The Hall–Kier alpha value is 0.480. The largest absolute Gasteiger partial charge is 0.0928 e. The molecule has 0 amide bonds. The first-order chi connectivity index (χ1) is 4.35. The molecule has 0 aromatic heterocycles. The van der Waals surface area contributed by atoms with E-state index in [-0.39, 0.29) is 0 Å². The van der Waals surface area contributed by atoms with Crippen LogP contribution in [0.1, 0.15) is 39.5 Å². The lowest BCUT2D eigenvalue weighted by Crippen LogP contribution is -1.96. The van der Waals surface area contributed by atoms with Gasteiger partial charge in [0.2, 0.25) is 0 Å². The van der Waals surface area contributed by atoms with Crippen molar-refractivity contribution in [2.75, 3.05) is 5.33 Å². The maximum Gasteiger partial charge on any atom is 0.00314 e. The van der Waals surface area contributed by atoms with Crippen molar-refractivity contribution < 1.29 is 0 Å². The van der Waals surface area contributed by atoms with Crippen LogP contribution in [0.25, 0.3) is 0 Å². The van der Waals surface area contributed by atoms with Crippen LogP contribution in [0.3, 0.4) is 0 Å². The van der Waals surface area contributed by atoms with E-state index >= 15 is 0 Å². The fourth-order valence-electron chi connectivity index (χ4n) is 1.06. The maximum absolute atomic E-state index is 3.44. The summed E-state index contributed by atoms with van der Waals surface area (Å²) in [6.07, 6.45) is 5.44. The second-order valence-electron chi connectivity index (χ2n) is 2.51. The molecule has 0 radical (unpaired) electrons. The third-order valence-electron chi connectivity index (χ3n) is 1.90. The van der Waals surface area contributed by atoms with Crippen LogP contribution in [0.15, 0.2) is 0 Å². The Bertz CT molecular complexity index is 48.5. The molecule has 0 spiro atoms. The first-order valence-electron chi connectivity index (χ1n) is 3.91. The molecule has 0 aromatic rings. The first-order valence-corrected chi connectivity index (χ1v) is 5.03. The predicted molar refractivity (Wildman–Crippen MR) is 47.1 cm³/mol. The number of halogens is 1. The lowest BCUT2D eigenvalue weighted by Gasteiger charge is -2.09. The monoisotopic (exact) mass is 192 g/mol. The molecule has 0 rings (SSSR count). The van der Waals surface area contributed by atoms with Gasteiger partial charge >= 0.3 is 0 Å². The van der Waals surface area contributed by atoms with E-state index in [9.17, 15) is 0 Å². The molecular formula is C8H17Br. The van der Waals surface area contributed by atoms with Gasteiger partial charge in [0.05, 0.1) is 0 Å². The average molecular weight is 193 g/mol. The molecule has 0 bridgehead atoms. The van der Waals surface area contributed by atoms with Crippen molar-refractivity contribution in [1.82, 2.24) is 0 Å². The smallest absolute Gasteiger partial charge is 0.00314 e. The van der Waals surface area contributed by atoms with E-state index in [1.165, 1.54) is 31.0 Å². The molecule has 0 aliphatic rings. The minimum Gasteiger partial charge on any atom is -0.0928 e. The van der Waals surface area contributed by atoms with Gasteiger partial charge in [-0.15, -0.1) is 0 Å². The Morgan fingerprint density at radius 2 is 1.78 bits per heavy atom. The Morgan fingerprint density at radius 3 is 2.11 bits per heavy atom. The molecule has 0 aliphatic heterocycles. The summed E-state index contributed by atoms with van der Waals surface area (Å²) in [6.45, 7) is 4.56. The van der Waals surface area contributed by atoms with Gasteiger partial charge in [-0.1, -0.05) is 42.6 Å². The van der Waals surface area contributed by atoms with Gasteiger partial charge in [0, 0.05) is 5.33 Å². The molecule has 0 nitrogen and oxygen atoms in total. The van der Waals surface area contributed by atoms with Gasteiger partial charge in [0.15, 0.2) is 0 Å². The van der Waals surface area contributed by atoms with Crippen LogP contribution >= 0.6 is 15.9 Å². The van der Waals surface area contributed by atoms with Crippen LogP contribution in [-0.4, -0.2) is 5.33 Å². The number of rotatable bonds is 5. The Labute approximate surface area is 67.2 Å². The SMILES string of the molecule is CCC(CC)CCCBr. The van der Waals surface area contributed by atoms with Crippen molar-refractivity contribution in [2.24, 2.45) is 5.92 Å². The quantitative estimate of drug-likeness (QED) is 0.585. The van der Waals surface area contributed by atoms with E-state index in [2.05, 4.69) is 29.8 Å². The van der Waals surface area contributed by atoms with Crippen LogP contribution in [-0.2, 0) is 0 Å². The fourth-order valence-corrected chi connectivity index (χ4v) is 1.39. The maximum atomic E-state index is 3.44. The Morgan fingerprint density at radius 1 is 1.22 bits per heavy atom. The second kappa shape index (κ2) is 6.60. The van der Waals surface area contributed by atoms with E-state index in [0.717, 1.165) is 5.92 Å². The highest BCUT2D eigenvalue weighted by Gasteiger charge is 2.00. The van der Waals surface area contributed by atoms with Crippen molar-refractivity contribution in [2.45, 2.75) is 39.5 Å². The molecule has 0 aromatic carbocycles. The summed E-state index contributed by atoms with van der Waals surface area (Å²) >= 11 is 3.44. The highest BCUT2D eigenvalue weighted by atomic mass is 79.9. The molecule has 0 N–H and O–H groups in total. The molecule has 56 valence electrons. The molecule has 0 heterocycles. The van der Waals surface area contributed by atoms with Crippen LogP contribution in [0.4, 0.5) is 0 Å². The van der Waals surface area contributed by atoms with Gasteiger partial charge in [0.25, 0.3) is 0 Å². The molecule has 0 atom stereocenters. The molecule has 0 unspecified atom stereocenters. The van der Waals surface area contributed by atoms with Gasteiger partial charge in [-0.2, -0.15) is 0 Å². The highest BCUT2D eigenvalue weighted by molar-refractivity contribution is 9.09. The third kappa shape index (κ3) is 4.95. The van der Waals surface area contributed by atoms with Crippen LogP contribution in [0, 0.1) is 5.92 Å². The van der Waals surface area contributed by atoms with E-state index in [0.29, 0.717) is 0 Å². The molecule has 0 saturated carbocycles. The van der Waals surface area contributed by atoms with Crippen molar-refractivity contribution in [3.63, 3.8) is 0 Å². The molecule has 0 fully saturated rings. The molecular weight excluding hydrogens is 176 g/mol. The van der Waals surface area contributed by atoms with Gasteiger partial charge in [-0.3, -0.25) is 0 Å². The molecule has 1 heteroatoms. The highest BCUT2D eigenvalue weighted by Crippen LogP contribution is 2.14. The van der Waals surface area contributed by atoms with E-state index in [1.807, 2.05) is 0 Å². The van der Waals surface area contributed by atoms with E-state index in [1.54, 1.807) is 0 Å². The lowest BCUT2D eigenvalue weighted by molar-refractivity contribution is 0.453.